The molecule has 1 heterocycles. The van der Waals surface area contributed by atoms with Gasteiger partial charge in [0.2, 0.25) is 0 Å². The number of rotatable bonds is 4. The van der Waals surface area contributed by atoms with Gasteiger partial charge in [0.25, 0.3) is 0 Å². The highest BCUT2D eigenvalue weighted by atomic mass is 14.9. The summed E-state index contributed by atoms with van der Waals surface area (Å²) in [5.41, 5.74) is 17.5. The molecule has 52 heavy (non-hydrogen) atoms. The molecule has 1 aromatic heterocycles. The lowest BCUT2D eigenvalue weighted by Gasteiger charge is -2.46. The van der Waals surface area contributed by atoms with Gasteiger partial charge in [0.05, 0.1) is 16.8 Å². The summed E-state index contributed by atoms with van der Waals surface area (Å²) < 4.78 is 0. The Morgan fingerprint density at radius 1 is 0.346 bits per heavy atom. The van der Waals surface area contributed by atoms with Crippen LogP contribution in [-0.2, 0) is 10.8 Å². The van der Waals surface area contributed by atoms with E-state index in [4.69, 9.17) is 9.97 Å². The second kappa shape index (κ2) is 11.6. The SMILES string of the molecule is CC1(C)c2ccccc2C2(c3ccccc3-c3c(-c4cccc(-c5nc(-c6ccccc6)cc(-c6ccccc6)n5)c4)cccc32)c2ccccc21. The molecule has 8 aromatic rings. The Morgan fingerprint density at radius 3 is 1.40 bits per heavy atom. The monoisotopic (exact) mass is 664 g/mol. The van der Waals surface area contributed by atoms with Crippen molar-refractivity contribution < 1.29 is 0 Å². The second-order valence-electron chi connectivity index (χ2n) is 14.5. The van der Waals surface area contributed by atoms with E-state index in [-0.39, 0.29) is 5.41 Å². The molecule has 2 heteroatoms. The predicted molar refractivity (Wildman–Crippen MR) is 213 cm³/mol. The summed E-state index contributed by atoms with van der Waals surface area (Å²) >= 11 is 0. The summed E-state index contributed by atoms with van der Waals surface area (Å²) in [6.45, 7) is 4.75. The third-order valence-corrected chi connectivity index (χ3v) is 11.4. The standard InChI is InChI=1S/C50H36N2/c1-49(2)40-26-11-13-28-42(40)50(43-29-14-12-27-41(43)49)39-25-10-9-23-38(39)47-37(24-16-30-44(47)50)35-21-15-22-36(31-35)48-51-45(33-17-5-3-6-18-33)32-46(52-48)34-19-7-4-8-20-34/h3-32H,1-2H3. The average Bonchev–Trinajstić information content (AvgIpc) is 3.52. The average molecular weight is 665 g/mol. The van der Waals surface area contributed by atoms with Crippen LogP contribution in [-0.4, -0.2) is 9.97 Å². The van der Waals surface area contributed by atoms with Crippen molar-refractivity contribution in [3.8, 4) is 56.2 Å². The molecule has 10 rings (SSSR count). The van der Waals surface area contributed by atoms with Crippen LogP contribution >= 0.6 is 0 Å². The van der Waals surface area contributed by atoms with Gasteiger partial charge in [-0.25, -0.2) is 9.97 Å². The minimum Gasteiger partial charge on any atom is -0.228 e. The minimum atomic E-state index is -0.431. The first-order chi connectivity index (χ1) is 25.5. The van der Waals surface area contributed by atoms with Crippen molar-refractivity contribution in [3.05, 3.63) is 215 Å². The molecule has 7 aromatic carbocycles. The first-order valence-electron chi connectivity index (χ1n) is 18.1. The van der Waals surface area contributed by atoms with Crippen LogP contribution in [0.15, 0.2) is 182 Å². The van der Waals surface area contributed by atoms with Gasteiger partial charge in [-0.05, 0) is 67.8 Å². The summed E-state index contributed by atoms with van der Waals surface area (Å²) in [6, 6.07) is 65.9. The first kappa shape index (κ1) is 30.4. The Labute approximate surface area is 305 Å². The Bertz CT molecular complexity index is 2550. The van der Waals surface area contributed by atoms with E-state index in [1.54, 1.807) is 0 Å². The Morgan fingerprint density at radius 2 is 0.788 bits per heavy atom. The van der Waals surface area contributed by atoms with Crippen LogP contribution in [0.5, 0.6) is 0 Å². The van der Waals surface area contributed by atoms with E-state index in [0.717, 1.165) is 33.6 Å². The largest absolute Gasteiger partial charge is 0.228 e. The Hall–Kier alpha value is -6.38. The summed E-state index contributed by atoms with van der Waals surface area (Å²) in [5, 5.41) is 0. The predicted octanol–water partition coefficient (Wildman–Crippen LogP) is 12.1. The fourth-order valence-electron chi connectivity index (χ4n) is 9.07. The minimum absolute atomic E-state index is 0.130. The van der Waals surface area contributed by atoms with Crippen LogP contribution in [0.1, 0.15) is 47.2 Å². The number of hydrogen-bond donors (Lipinski definition) is 0. The van der Waals surface area contributed by atoms with Crippen LogP contribution in [0.4, 0.5) is 0 Å². The third kappa shape index (κ3) is 4.37. The highest BCUT2D eigenvalue weighted by Gasteiger charge is 2.53. The number of fused-ring (bicyclic) bond motifs is 9. The lowest BCUT2D eigenvalue weighted by Crippen LogP contribution is -2.40. The van der Waals surface area contributed by atoms with E-state index in [1.165, 1.54) is 50.1 Å². The lowest BCUT2D eigenvalue weighted by molar-refractivity contribution is 0.563. The number of benzene rings is 7. The van der Waals surface area contributed by atoms with E-state index in [0.29, 0.717) is 5.82 Å². The Kier molecular flexibility index (Phi) is 6.78. The van der Waals surface area contributed by atoms with Gasteiger partial charge < -0.3 is 0 Å². The maximum Gasteiger partial charge on any atom is 0.160 e. The molecule has 246 valence electrons. The van der Waals surface area contributed by atoms with Crippen LogP contribution in [0.25, 0.3) is 56.2 Å². The Balaban J connectivity index is 1.20. The van der Waals surface area contributed by atoms with E-state index in [1.807, 2.05) is 12.1 Å². The zero-order valence-corrected chi connectivity index (χ0v) is 29.2. The van der Waals surface area contributed by atoms with E-state index >= 15 is 0 Å². The molecule has 0 bridgehead atoms. The molecule has 1 spiro atoms. The molecule has 2 aliphatic carbocycles. The van der Waals surface area contributed by atoms with Gasteiger partial charge in [0.1, 0.15) is 0 Å². The highest BCUT2D eigenvalue weighted by Crippen LogP contribution is 2.63. The molecular weight excluding hydrogens is 629 g/mol. The van der Waals surface area contributed by atoms with E-state index < -0.39 is 5.41 Å². The molecule has 0 radical (unpaired) electrons. The number of hydrogen-bond acceptors (Lipinski definition) is 2. The molecule has 0 fully saturated rings. The van der Waals surface area contributed by atoms with Crippen LogP contribution < -0.4 is 0 Å². The smallest absolute Gasteiger partial charge is 0.160 e. The maximum atomic E-state index is 5.16. The summed E-state index contributed by atoms with van der Waals surface area (Å²) in [4.78, 5) is 10.3. The maximum absolute atomic E-state index is 5.16. The number of aromatic nitrogens is 2. The molecule has 2 aliphatic rings. The molecule has 0 aliphatic heterocycles. The summed E-state index contributed by atoms with van der Waals surface area (Å²) in [5.74, 6) is 0.712. The van der Waals surface area contributed by atoms with Crippen molar-refractivity contribution in [2.24, 2.45) is 0 Å². The number of nitrogens with zero attached hydrogens (tertiary/aromatic N) is 2. The third-order valence-electron chi connectivity index (χ3n) is 11.4. The molecule has 0 atom stereocenters. The van der Waals surface area contributed by atoms with Crippen molar-refractivity contribution >= 4 is 0 Å². The molecule has 2 nitrogen and oxygen atoms in total. The van der Waals surface area contributed by atoms with Crippen molar-refractivity contribution in [3.63, 3.8) is 0 Å². The van der Waals surface area contributed by atoms with E-state index in [9.17, 15) is 0 Å². The molecule has 0 unspecified atom stereocenters. The second-order valence-corrected chi connectivity index (χ2v) is 14.5. The van der Waals surface area contributed by atoms with Gasteiger partial charge >= 0.3 is 0 Å². The summed E-state index contributed by atoms with van der Waals surface area (Å²) in [7, 11) is 0. The van der Waals surface area contributed by atoms with Gasteiger partial charge in [-0.3, -0.25) is 0 Å². The fraction of sp³-hybridized carbons (Fsp3) is 0.0800. The zero-order valence-electron chi connectivity index (χ0n) is 29.2. The van der Waals surface area contributed by atoms with Crippen LogP contribution in [0.2, 0.25) is 0 Å². The van der Waals surface area contributed by atoms with Gasteiger partial charge in [-0.2, -0.15) is 0 Å². The zero-order chi connectivity index (χ0) is 34.9. The quantitative estimate of drug-likeness (QED) is 0.187. The van der Waals surface area contributed by atoms with Gasteiger partial charge in [0.15, 0.2) is 5.82 Å². The van der Waals surface area contributed by atoms with Gasteiger partial charge in [0, 0.05) is 22.1 Å². The summed E-state index contributed by atoms with van der Waals surface area (Å²) in [6.07, 6.45) is 0. The molecular formula is C50H36N2. The first-order valence-corrected chi connectivity index (χ1v) is 18.1. The molecule has 0 saturated heterocycles. The van der Waals surface area contributed by atoms with Crippen LogP contribution in [0.3, 0.4) is 0 Å². The van der Waals surface area contributed by atoms with E-state index in [2.05, 4.69) is 184 Å². The van der Waals surface area contributed by atoms with Crippen LogP contribution in [0, 0.1) is 0 Å². The van der Waals surface area contributed by atoms with Gasteiger partial charge in [-0.1, -0.05) is 184 Å². The molecule has 0 N–H and O–H groups in total. The van der Waals surface area contributed by atoms with Gasteiger partial charge in [-0.15, -0.1) is 0 Å². The topological polar surface area (TPSA) is 25.8 Å². The van der Waals surface area contributed by atoms with Crippen molar-refractivity contribution in [1.82, 2.24) is 9.97 Å². The fourth-order valence-corrected chi connectivity index (χ4v) is 9.07. The normalized spacial score (nSPS) is 14.3. The molecule has 0 amide bonds. The van der Waals surface area contributed by atoms with Crippen molar-refractivity contribution in [2.45, 2.75) is 24.7 Å². The molecule has 0 saturated carbocycles. The van der Waals surface area contributed by atoms with Crippen molar-refractivity contribution in [2.75, 3.05) is 0 Å². The highest BCUT2D eigenvalue weighted by molar-refractivity contribution is 5.97. The van der Waals surface area contributed by atoms with Crippen molar-refractivity contribution in [1.29, 1.82) is 0 Å². The lowest BCUT2D eigenvalue weighted by atomic mass is 9.55.